The number of aromatic carboxylic acids is 1. The monoisotopic (exact) mass is 237 g/mol. The van der Waals surface area contributed by atoms with E-state index in [-0.39, 0.29) is 6.29 Å². The van der Waals surface area contributed by atoms with Crippen molar-refractivity contribution in [1.29, 1.82) is 0 Å². The van der Waals surface area contributed by atoms with Crippen molar-refractivity contribution in [3.63, 3.8) is 0 Å². The van der Waals surface area contributed by atoms with Crippen LogP contribution in [0.1, 0.15) is 20.7 Å². The molecule has 0 aliphatic heterocycles. The van der Waals surface area contributed by atoms with Crippen LogP contribution < -0.4 is 0 Å². The number of carboxylic acid groups (broad SMARTS) is 1. The number of aromatic nitrogens is 1. The van der Waals surface area contributed by atoms with Gasteiger partial charge in [0, 0.05) is 0 Å². The minimum absolute atomic E-state index is 0.0260. The molecule has 0 amide bonds. The minimum atomic E-state index is -1.54. The van der Waals surface area contributed by atoms with Gasteiger partial charge in [-0.2, -0.15) is 0 Å². The fraction of sp³-hybridized carbons (Fsp3) is 0. The molecule has 7 heteroatoms. The highest BCUT2D eigenvalue weighted by Crippen LogP contribution is 2.24. The van der Waals surface area contributed by atoms with E-state index in [0.29, 0.717) is 0 Å². The van der Waals surface area contributed by atoms with Crippen LogP contribution in [-0.2, 0) is 0 Å². The number of carbonyl (C=O) groups excluding carboxylic acids is 1. The number of carboxylic acids is 1. The van der Waals surface area contributed by atoms with Gasteiger partial charge in [-0.05, 0) is 0 Å². The zero-order valence-electron chi connectivity index (χ0n) is 6.42. The lowest BCUT2D eigenvalue weighted by molar-refractivity contribution is 0.0693. The van der Waals surface area contributed by atoms with Gasteiger partial charge in [0.1, 0.15) is 10.7 Å². The van der Waals surface area contributed by atoms with Crippen LogP contribution in [0.25, 0.3) is 0 Å². The van der Waals surface area contributed by atoms with Crippen molar-refractivity contribution in [2.24, 2.45) is 0 Å². The van der Waals surface area contributed by atoms with Crippen molar-refractivity contribution >= 4 is 35.5 Å². The average molecular weight is 238 g/mol. The normalized spacial score (nSPS) is 9.93. The van der Waals surface area contributed by atoms with E-state index in [1.54, 1.807) is 0 Å². The highest BCUT2D eigenvalue weighted by Gasteiger charge is 2.22. The number of hydrogen-bond donors (Lipinski definition) is 1. The maximum Gasteiger partial charge on any atom is 0.339 e. The van der Waals surface area contributed by atoms with Crippen molar-refractivity contribution in [3.05, 3.63) is 27.3 Å². The van der Waals surface area contributed by atoms with Gasteiger partial charge in [-0.15, -0.1) is 0 Å². The highest BCUT2D eigenvalue weighted by molar-refractivity contribution is 6.35. The van der Waals surface area contributed by atoms with Crippen LogP contribution in [0.4, 0.5) is 4.39 Å². The Bertz CT molecular complexity index is 422. The van der Waals surface area contributed by atoms with Gasteiger partial charge >= 0.3 is 5.97 Å². The molecule has 0 radical (unpaired) electrons. The lowest BCUT2D eigenvalue weighted by atomic mass is 10.1. The van der Waals surface area contributed by atoms with Gasteiger partial charge in [0.25, 0.3) is 0 Å². The van der Waals surface area contributed by atoms with Gasteiger partial charge in [-0.25, -0.2) is 14.2 Å². The lowest BCUT2D eigenvalue weighted by Crippen LogP contribution is -2.07. The van der Waals surface area contributed by atoms with Crippen LogP contribution in [0.5, 0.6) is 0 Å². The summed E-state index contributed by atoms with van der Waals surface area (Å²) >= 11 is 10.6. The second kappa shape index (κ2) is 3.89. The third-order valence-corrected chi connectivity index (χ3v) is 1.95. The van der Waals surface area contributed by atoms with Crippen molar-refractivity contribution < 1.29 is 19.1 Å². The summed E-state index contributed by atoms with van der Waals surface area (Å²) in [7, 11) is 0. The Balaban J connectivity index is 3.63. The molecule has 0 aromatic carbocycles. The standard InChI is InChI=1S/C7H2Cl2FNO3/c8-5-3(7(13)14)2(1-12)4(10)6(9)11-5/h1H,(H,13,14). The number of pyridine rings is 1. The molecule has 1 rings (SSSR count). The van der Waals surface area contributed by atoms with E-state index in [1.165, 1.54) is 0 Å². The summed E-state index contributed by atoms with van der Waals surface area (Å²) in [5.41, 5.74) is -1.40. The zero-order chi connectivity index (χ0) is 10.9. The number of halogens is 3. The first-order chi connectivity index (χ1) is 6.49. The van der Waals surface area contributed by atoms with E-state index in [0.717, 1.165) is 0 Å². The Morgan fingerprint density at radius 1 is 1.43 bits per heavy atom. The fourth-order valence-corrected chi connectivity index (χ4v) is 1.33. The van der Waals surface area contributed by atoms with E-state index >= 15 is 0 Å². The third-order valence-electron chi connectivity index (χ3n) is 1.42. The predicted molar refractivity (Wildman–Crippen MR) is 46.6 cm³/mol. The zero-order valence-corrected chi connectivity index (χ0v) is 7.93. The summed E-state index contributed by atoms with van der Waals surface area (Å²) < 4.78 is 13.1. The fourth-order valence-electron chi connectivity index (χ4n) is 0.837. The Labute approximate surface area is 87.3 Å². The van der Waals surface area contributed by atoms with Gasteiger partial charge < -0.3 is 5.11 Å². The third kappa shape index (κ3) is 1.69. The molecular formula is C7H2Cl2FNO3. The Morgan fingerprint density at radius 3 is 2.43 bits per heavy atom. The summed E-state index contributed by atoms with van der Waals surface area (Å²) in [6.07, 6.45) is 0.0260. The second-order valence-electron chi connectivity index (χ2n) is 2.22. The molecule has 0 saturated heterocycles. The van der Waals surface area contributed by atoms with Gasteiger partial charge in [0.05, 0.1) is 5.56 Å². The SMILES string of the molecule is O=Cc1c(F)c(Cl)nc(Cl)c1C(=O)O. The van der Waals surface area contributed by atoms with E-state index < -0.39 is 33.2 Å². The number of carbonyl (C=O) groups is 2. The second-order valence-corrected chi connectivity index (χ2v) is 2.94. The van der Waals surface area contributed by atoms with Gasteiger partial charge in [-0.3, -0.25) is 4.79 Å². The molecule has 0 bridgehead atoms. The quantitative estimate of drug-likeness (QED) is 0.632. The first kappa shape index (κ1) is 10.9. The largest absolute Gasteiger partial charge is 0.478 e. The molecule has 74 valence electrons. The molecule has 1 aromatic rings. The molecule has 14 heavy (non-hydrogen) atoms. The van der Waals surface area contributed by atoms with Crippen LogP contribution in [0.15, 0.2) is 0 Å². The summed E-state index contributed by atoms with van der Waals surface area (Å²) in [5, 5.41) is 7.44. The van der Waals surface area contributed by atoms with Gasteiger partial charge in [-0.1, -0.05) is 23.2 Å². The molecular weight excluding hydrogens is 236 g/mol. The smallest absolute Gasteiger partial charge is 0.339 e. The maximum absolute atomic E-state index is 13.1. The molecule has 0 atom stereocenters. The number of aldehydes is 1. The van der Waals surface area contributed by atoms with Gasteiger partial charge in [0.15, 0.2) is 17.3 Å². The molecule has 4 nitrogen and oxygen atoms in total. The summed E-state index contributed by atoms with van der Waals surface area (Å²) in [6, 6.07) is 0. The summed E-state index contributed by atoms with van der Waals surface area (Å²) in [6.45, 7) is 0. The van der Waals surface area contributed by atoms with Crippen LogP contribution in [-0.4, -0.2) is 22.3 Å². The summed E-state index contributed by atoms with van der Waals surface area (Å²) in [4.78, 5) is 24.2. The molecule has 0 aliphatic carbocycles. The topological polar surface area (TPSA) is 67.3 Å². The molecule has 1 heterocycles. The lowest BCUT2D eigenvalue weighted by Gasteiger charge is -2.03. The first-order valence-corrected chi connectivity index (χ1v) is 3.97. The molecule has 1 N–H and O–H groups in total. The van der Waals surface area contributed by atoms with E-state index in [9.17, 15) is 14.0 Å². The Morgan fingerprint density at radius 2 is 2.00 bits per heavy atom. The minimum Gasteiger partial charge on any atom is -0.478 e. The molecule has 0 saturated carbocycles. The number of hydrogen-bond acceptors (Lipinski definition) is 3. The van der Waals surface area contributed by atoms with Crippen LogP contribution in [0.3, 0.4) is 0 Å². The predicted octanol–water partition coefficient (Wildman–Crippen LogP) is 2.04. The highest BCUT2D eigenvalue weighted by atomic mass is 35.5. The number of nitrogens with zero attached hydrogens (tertiary/aromatic N) is 1. The Hall–Kier alpha value is -1.20. The van der Waals surface area contributed by atoms with Crippen LogP contribution in [0, 0.1) is 5.82 Å². The van der Waals surface area contributed by atoms with E-state index in [2.05, 4.69) is 4.98 Å². The van der Waals surface area contributed by atoms with E-state index in [1.807, 2.05) is 0 Å². The average Bonchev–Trinajstić information content (AvgIpc) is 2.09. The molecule has 0 aliphatic rings. The van der Waals surface area contributed by atoms with Crippen molar-refractivity contribution in [1.82, 2.24) is 4.98 Å². The summed E-state index contributed by atoms with van der Waals surface area (Å²) in [5.74, 6) is -2.73. The van der Waals surface area contributed by atoms with E-state index in [4.69, 9.17) is 28.3 Å². The first-order valence-electron chi connectivity index (χ1n) is 3.22. The van der Waals surface area contributed by atoms with Gasteiger partial charge in [0.2, 0.25) is 0 Å². The molecule has 0 fully saturated rings. The molecule has 0 unspecified atom stereocenters. The molecule has 1 aromatic heterocycles. The number of rotatable bonds is 2. The molecule has 0 spiro atoms. The van der Waals surface area contributed by atoms with Crippen molar-refractivity contribution in [2.75, 3.05) is 0 Å². The van der Waals surface area contributed by atoms with Crippen LogP contribution in [0.2, 0.25) is 10.3 Å². The van der Waals surface area contributed by atoms with Crippen molar-refractivity contribution in [2.45, 2.75) is 0 Å². The van der Waals surface area contributed by atoms with Crippen molar-refractivity contribution in [3.8, 4) is 0 Å². The van der Waals surface area contributed by atoms with Crippen LogP contribution >= 0.6 is 23.2 Å². The maximum atomic E-state index is 13.1. The Kier molecular flexibility index (Phi) is 3.03.